The topological polar surface area (TPSA) is 79.6 Å². The molecule has 0 saturated heterocycles. The Morgan fingerprint density at radius 3 is 2.25 bits per heavy atom. The standard InChI is InChI=1S/C14H18NO4P/c1-3-18-20(17,19-4-2)11-13(10-15)14(16)12-8-6-5-7-9-12/h5-9,16H,3-4,11H2,1-2H3/b14-13+. The van der Waals surface area contributed by atoms with E-state index in [0.717, 1.165) is 0 Å². The first-order valence-corrected chi connectivity index (χ1v) is 8.04. The van der Waals surface area contributed by atoms with Crippen LogP contribution >= 0.6 is 7.60 Å². The van der Waals surface area contributed by atoms with E-state index in [1.165, 1.54) is 0 Å². The predicted octanol–water partition coefficient (Wildman–Crippen LogP) is 3.75. The lowest BCUT2D eigenvalue weighted by atomic mass is 10.1. The van der Waals surface area contributed by atoms with E-state index in [1.54, 1.807) is 44.2 Å². The number of hydrogen-bond donors (Lipinski definition) is 1. The van der Waals surface area contributed by atoms with Gasteiger partial charge in [-0.05, 0) is 13.8 Å². The lowest BCUT2D eigenvalue weighted by Crippen LogP contribution is -2.03. The van der Waals surface area contributed by atoms with Gasteiger partial charge in [-0.15, -0.1) is 0 Å². The molecule has 0 aromatic heterocycles. The van der Waals surface area contributed by atoms with Crippen LogP contribution in [0.3, 0.4) is 0 Å². The van der Waals surface area contributed by atoms with Crippen molar-refractivity contribution in [1.82, 2.24) is 0 Å². The fourth-order valence-electron chi connectivity index (χ4n) is 1.65. The largest absolute Gasteiger partial charge is 0.506 e. The summed E-state index contributed by atoms with van der Waals surface area (Å²) in [4.78, 5) is 0. The van der Waals surface area contributed by atoms with Gasteiger partial charge in [0.05, 0.1) is 31.0 Å². The van der Waals surface area contributed by atoms with E-state index < -0.39 is 7.60 Å². The minimum Gasteiger partial charge on any atom is -0.506 e. The number of nitrogens with zero attached hydrogens (tertiary/aromatic N) is 1. The van der Waals surface area contributed by atoms with Crippen LogP contribution in [-0.2, 0) is 13.6 Å². The van der Waals surface area contributed by atoms with Gasteiger partial charge in [-0.3, -0.25) is 4.57 Å². The molecule has 0 unspecified atom stereocenters. The third-order valence-electron chi connectivity index (χ3n) is 2.47. The lowest BCUT2D eigenvalue weighted by Gasteiger charge is -2.16. The van der Waals surface area contributed by atoms with Crippen LogP contribution in [0, 0.1) is 11.3 Å². The molecule has 6 heteroatoms. The Labute approximate surface area is 119 Å². The molecule has 0 spiro atoms. The maximum absolute atomic E-state index is 12.4. The first-order chi connectivity index (χ1) is 9.56. The zero-order valence-corrected chi connectivity index (χ0v) is 12.5. The van der Waals surface area contributed by atoms with E-state index in [1.807, 2.05) is 6.07 Å². The fraction of sp³-hybridized carbons (Fsp3) is 0.357. The monoisotopic (exact) mass is 295 g/mol. The highest BCUT2D eigenvalue weighted by Crippen LogP contribution is 2.50. The van der Waals surface area contributed by atoms with Gasteiger partial charge in [0.1, 0.15) is 5.76 Å². The molecule has 0 heterocycles. The smallest absolute Gasteiger partial charge is 0.335 e. The van der Waals surface area contributed by atoms with Gasteiger partial charge in [-0.25, -0.2) is 0 Å². The first-order valence-electron chi connectivity index (χ1n) is 6.32. The van der Waals surface area contributed by atoms with Gasteiger partial charge in [0.2, 0.25) is 0 Å². The van der Waals surface area contributed by atoms with Crippen molar-refractivity contribution >= 4 is 13.4 Å². The normalized spacial score (nSPS) is 12.7. The Bertz CT molecular complexity index is 538. The summed E-state index contributed by atoms with van der Waals surface area (Å²) < 4.78 is 22.6. The molecule has 1 rings (SSSR count). The summed E-state index contributed by atoms with van der Waals surface area (Å²) in [5.41, 5.74) is 0.477. The molecular weight excluding hydrogens is 277 g/mol. The molecule has 0 aliphatic rings. The van der Waals surface area contributed by atoms with E-state index in [9.17, 15) is 9.67 Å². The molecule has 1 N–H and O–H groups in total. The van der Waals surface area contributed by atoms with Crippen molar-refractivity contribution in [3.8, 4) is 6.07 Å². The zero-order chi connectivity index (χ0) is 15.0. The number of aliphatic hydroxyl groups excluding tert-OH is 1. The molecule has 0 aliphatic heterocycles. The van der Waals surface area contributed by atoms with E-state index in [0.29, 0.717) is 5.56 Å². The third-order valence-corrected chi connectivity index (χ3v) is 4.48. The number of aliphatic hydroxyl groups is 1. The van der Waals surface area contributed by atoms with Crippen molar-refractivity contribution in [3.05, 3.63) is 41.5 Å². The molecule has 20 heavy (non-hydrogen) atoms. The van der Waals surface area contributed by atoms with Gasteiger partial charge >= 0.3 is 7.60 Å². The quantitative estimate of drug-likeness (QED) is 0.471. The van der Waals surface area contributed by atoms with Crippen molar-refractivity contribution in [3.63, 3.8) is 0 Å². The molecule has 0 aliphatic carbocycles. The molecular formula is C14H18NO4P. The zero-order valence-electron chi connectivity index (χ0n) is 11.6. The maximum atomic E-state index is 12.4. The Morgan fingerprint density at radius 1 is 1.25 bits per heavy atom. The molecule has 1 aromatic carbocycles. The predicted molar refractivity (Wildman–Crippen MR) is 77.3 cm³/mol. The van der Waals surface area contributed by atoms with Crippen LogP contribution in [0.2, 0.25) is 0 Å². The summed E-state index contributed by atoms with van der Waals surface area (Å²) in [6.07, 6.45) is -0.244. The molecule has 0 saturated carbocycles. The van der Waals surface area contributed by atoms with Gasteiger partial charge in [0.25, 0.3) is 0 Å². The summed E-state index contributed by atoms with van der Waals surface area (Å²) in [6, 6.07) is 10.5. The van der Waals surface area contributed by atoms with Gasteiger partial charge in [0.15, 0.2) is 0 Å². The highest BCUT2D eigenvalue weighted by molar-refractivity contribution is 7.54. The summed E-state index contributed by atoms with van der Waals surface area (Å²) >= 11 is 0. The Kier molecular flexibility index (Phi) is 6.47. The van der Waals surface area contributed by atoms with Crippen LogP contribution in [0.25, 0.3) is 5.76 Å². The second-order valence-electron chi connectivity index (χ2n) is 3.91. The van der Waals surface area contributed by atoms with Crippen LogP contribution in [0.5, 0.6) is 0 Å². The molecule has 0 bridgehead atoms. The van der Waals surface area contributed by atoms with E-state index in [-0.39, 0.29) is 30.7 Å². The molecule has 0 amide bonds. The van der Waals surface area contributed by atoms with Gasteiger partial charge < -0.3 is 14.2 Å². The number of benzene rings is 1. The van der Waals surface area contributed by atoms with Crippen LogP contribution in [0.4, 0.5) is 0 Å². The van der Waals surface area contributed by atoms with Crippen molar-refractivity contribution in [2.75, 3.05) is 19.4 Å². The second-order valence-corrected chi connectivity index (χ2v) is 5.96. The van der Waals surface area contributed by atoms with Crippen LogP contribution in [0.1, 0.15) is 19.4 Å². The second kappa shape index (κ2) is 7.86. The summed E-state index contributed by atoms with van der Waals surface area (Å²) in [5, 5.41) is 19.3. The van der Waals surface area contributed by atoms with Crippen molar-refractivity contribution in [2.24, 2.45) is 0 Å². The number of nitriles is 1. The summed E-state index contributed by atoms with van der Waals surface area (Å²) in [6.45, 7) is 3.81. The average molecular weight is 295 g/mol. The Balaban J connectivity index is 3.07. The number of hydrogen-bond acceptors (Lipinski definition) is 5. The first kappa shape index (κ1) is 16.5. The van der Waals surface area contributed by atoms with Crippen LogP contribution in [0.15, 0.2) is 35.9 Å². The molecule has 0 radical (unpaired) electrons. The minimum absolute atomic E-state index is 0.0126. The summed E-state index contributed by atoms with van der Waals surface area (Å²) in [7, 11) is -3.41. The molecule has 0 fully saturated rings. The lowest BCUT2D eigenvalue weighted by molar-refractivity contribution is 0.222. The highest BCUT2D eigenvalue weighted by Gasteiger charge is 2.27. The SMILES string of the molecule is CCOP(=O)(C/C(C#N)=C(/O)c1ccccc1)OCC. The van der Waals surface area contributed by atoms with E-state index in [4.69, 9.17) is 14.3 Å². The Hall–Kier alpha value is -1.60. The van der Waals surface area contributed by atoms with Crippen LogP contribution in [-0.4, -0.2) is 24.5 Å². The van der Waals surface area contributed by atoms with E-state index in [2.05, 4.69) is 0 Å². The molecule has 0 atom stereocenters. The van der Waals surface area contributed by atoms with Crippen molar-refractivity contribution < 1.29 is 18.7 Å². The molecule has 1 aromatic rings. The molecule has 5 nitrogen and oxygen atoms in total. The third kappa shape index (κ3) is 4.50. The van der Waals surface area contributed by atoms with E-state index >= 15 is 0 Å². The van der Waals surface area contributed by atoms with Gasteiger partial charge in [-0.2, -0.15) is 5.26 Å². The van der Waals surface area contributed by atoms with Gasteiger partial charge in [-0.1, -0.05) is 30.3 Å². The maximum Gasteiger partial charge on any atom is 0.335 e. The average Bonchev–Trinajstić information content (AvgIpc) is 2.45. The summed E-state index contributed by atoms with van der Waals surface area (Å²) in [5.74, 6) is -0.201. The van der Waals surface area contributed by atoms with Gasteiger partial charge in [0, 0.05) is 5.56 Å². The fourth-order valence-corrected chi connectivity index (χ4v) is 3.30. The highest BCUT2D eigenvalue weighted by atomic mass is 31.2. The minimum atomic E-state index is -3.41. The van der Waals surface area contributed by atoms with Crippen molar-refractivity contribution in [1.29, 1.82) is 5.26 Å². The number of allylic oxidation sites excluding steroid dienone is 1. The van der Waals surface area contributed by atoms with Crippen LogP contribution < -0.4 is 0 Å². The Morgan fingerprint density at radius 2 is 1.80 bits per heavy atom. The number of rotatable bonds is 7. The van der Waals surface area contributed by atoms with Crippen molar-refractivity contribution in [2.45, 2.75) is 13.8 Å². The molecule has 108 valence electrons.